The first-order valence-electron chi connectivity index (χ1n) is 3.96. The number of likely N-dealkylation sites (tertiary alicyclic amines) is 1. The van der Waals surface area contributed by atoms with E-state index in [-0.39, 0.29) is 18.8 Å². The fourth-order valence-electron chi connectivity index (χ4n) is 1.11. The molecule has 1 saturated heterocycles. The summed E-state index contributed by atoms with van der Waals surface area (Å²) in [5.41, 5.74) is 2.20. The Hall–Kier alpha value is -0.820. The lowest BCUT2D eigenvalue weighted by Gasteiger charge is -2.17. The van der Waals surface area contributed by atoms with Gasteiger partial charge >= 0.3 is 0 Å². The summed E-state index contributed by atoms with van der Waals surface area (Å²) in [6.45, 7) is 1.10. The van der Waals surface area contributed by atoms with Crippen molar-refractivity contribution in [2.24, 2.45) is 5.84 Å². The number of hydrogen-bond donors (Lipinski definition) is 2. The van der Waals surface area contributed by atoms with Gasteiger partial charge < -0.3 is 0 Å². The molecular weight excluding hydrogens is 174 g/mol. The van der Waals surface area contributed by atoms with Crippen LogP contribution in [0.25, 0.3) is 0 Å². The highest BCUT2D eigenvalue weighted by Gasteiger charge is 2.20. The largest absolute Gasteiger partial charge is 0.295 e. The lowest BCUT2D eigenvalue weighted by Crippen LogP contribution is -2.36. The van der Waals surface area contributed by atoms with Gasteiger partial charge in [-0.3, -0.25) is 19.3 Å². The van der Waals surface area contributed by atoms with E-state index >= 15 is 0 Å². The van der Waals surface area contributed by atoms with Gasteiger partial charge in [0.05, 0.1) is 0 Å². The van der Waals surface area contributed by atoms with E-state index in [1.807, 2.05) is 7.05 Å². The standard InChI is InChI=1S/C5H13N3O.C2H2O2/c1-8-4-2-3-5(8)9-7-6;3-1-2-4/h5,7H,2-4,6H2,1H3;1-2H. The number of nitrogens with one attached hydrogen (secondary N) is 1. The number of rotatable bonds is 3. The van der Waals surface area contributed by atoms with Crippen LogP contribution < -0.4 is 11.4 Å². The molecule has 3 N–H and O–H groups in total. The van der Waals surface area contributed by atoms with E-state index in [1.54, 1.807) is 0 Å². The van der Waals surface area contributed by atoms with Crippen molar-refractivity contribution in [2.45, 2.75) is 19.1 Å². The van der Waals surface area contributed by atoms with Crippen LogP contribution in [0.2, 0.25) is 0 Å². The fraction of sp³-hybridized carbons (Fsp3) is 0.714. The van der Waals surface area contributed by atoms with Gasteiger partial charge in [-0.2, -0.15) is 0 Å². The molecule has 1 aliphatic heterocycles. The molecule has 1 unspecified atom stereocenters. The number of carbonyl (C=O) groups excluding carboxylic acids is 2. The minimum atomic E-state index is 0.176. The first-order chi connectivity index (χ1) is 6.26. The van der Waals surface area contributed by atoms with Crippen molar-refractivity contribution in [2.75, 3.05) is 13.6 Å². The van der Waals surface area contributed by atoms with Crippen LogP contribution >= 0.6 is 0 Å². The predicted octanol–water partition coefficient (Wildman–Crippen LogP) is -1.18. The molecule has 13 heavy (non-hydrogen) atoms. The third-order valence-electron chi connectivity index (χ3n) is 1.71. The highest BCUT2D eigenvalue weighted by atomic mass is 16.7. The maximum atomic E-state index is 8.81. The van der Waals surface area contributed by atoms with Gasteiger partial charge in [-0.25, -0.2) is 5.84 Å². The maximum Gasteiger partial charge on any atom is 0.182 e. The number of nitrogens with zero attached hydrogens (tertiary/aromatic N) is 1. The van der Waals surface area contributed by atoms with Gasteiger partial charge in [0.25, 0.3) is 0 Å². The van der Waals surface area contributed by atoms with Crippen LogP contribution in [0.15, 0.2) is 0 Å². The molecular formula is C7H15N3O3. The molecule has 0 aromatic rings. The molecule has 0 aromatic carbocycles. The van der Waals surface area contributed by atoms with Crippen LogP contribution in [0.4, 0.5) is 0 Å². The van der Waals surface area contributed by atoms with Crippen molar-refractivity contribution in [3.63, 3.8) is 0 Å². The molecule has 6 heteroatoms. The molecule has 0 aromatic heterocycles. The molecule has 0 amide bonds. The molecule has 0 saturated carbocycles. The monoisotopic (exact) mass is 189 g/mol. The second kappa shape index (κ2) is 7.81. The van der Waals surface area contributed by atoms with Crippen LogP contribution in [-0.4, -0.2) is 37.3 Å². The molecule has 1 rings (SSSR count). The van der Waals surface area contributed by atoms with Crippen molar-refractivity contribution in [3.8, 4) is 0 Å². The Morgan fingerprint density at radius 2 is 2.15 bits per heavy atom. The highest BCUT2D eigenvalue weighted by molar-refractivity contribution is 6.09. The second-order valence-corrected chi connectivity index (χ2v) is 2.59. The molecule has 76 valence electrons. The van der Waals surface area contributed by atoms with E-state index in [2.05, 4.69) is 10.5 Å². The van der Waals surface area contributed by atoms with Crippen molar-refractivity contribution in [1.82, 2.24) is 10.5 Å². The average Bonchev–Trinajstić information content (AvgIpc) is 2.53. The van der Waals surface area contributed by atoms with E-state index in [1.165, 1.54) is 6.42 Å². The Bertz CT molecular complexity index is 148. The van der Waals surface area contributed by atoms with Crippen molar-refractivity contribution < 1.29 is 14.4 Å². The van der Waals surface area contributed by atoms with E-state index in [4.69, 9.17) is 20.3 Å². The number of hydrazine groups is 1. The first-order valence-corrected chi connectivity index (χ1v) is 3.96. The average molecular weight is 189 g/mol. The molecule has 6 nitrogen and oxygen atoms in total. The van der Waals surface area contributed by atoms with Crippen molar-refractivity contribution >= 4 is 12.6 Å². The summed E-state index contributed by atoms with van der Waals surface area (Å²) in [5, 5.41) is 0. The molecule has 1 aliphatic rings. The van der Waals surface area contributed by atoms with Crippen molar-refractivity contribution in [1.29, 1.82) is 0 Å². The van der Waals surface area contributed by atoms with Crippen LogP contribution in [0.1, 0.15) is 12.8 Å². The number of nitrogens with two attached hydrogens (primary N) is 1. The summed E-state index contributed by atoms with van der Waals surface area (Å²) in [6, 6.07) is 0. The topological polar surface area (TPSA) is 84.7 Å². The minimum absolute atomic E-state index is 0.176. The fourth-order valence-corrected chi connectivity index (χ4v) is 1.11. The third-order valence-corrected chi connectivity index (χ3v) is 1.71. The molecule has 0 aliphatic carbocycles. The third kappa shape index (κ3) is 5.42. The lowest BCUT2D eigenvalue weighted by molar-refractivity contribution is -0.122. The molecule has 1 fully saturated rings. The molecule has 0 radical (unpaired) electrons. The van der Waals surface area contributed by atoms with E-state index < -0.39 is 0 Å². The Labute approximate surface area is 76.9 Å². The summed E-state index contributed by atoms with van der Waals surface area (Å²) in [4.78, 5) is 24.7. The smallest absolute Gasteiger partial charge is 0.182 e. The number of carbonyl (C=O) groups is 2. The summed E-state index contributed by atoms with van der Waals surface area (Å²) < 4.78 is 0. The zero-order valence-electron chi connectivity index (χ0n) is 7.60. The SMILES string of the molecule is CN1CCCC1ONN.O=CC=O. The zero-order chi connectivity index (χ0) is 10.1. The van der Waals surface area contributed by atoms with Crippen molar-refractivity contribution in [3.05, 3.63) is 0 Å². The molecule has 1 heterocycles. The molecule has 0 spiro atoms. The zero-order valence-corrected chi connectivity index (χ0v) is 7.60. The number of hydrogen-bond acceptors (Lipinski definition) is 6. The Kier molecular flexibility index (Phi) is 7.32. The van der Waals surface area contributed by atoms with Gasteiger partial charge in [-0.05, 0) is 19.9 Å². The lowest BCUT2D eigenvalue weighted by atomic mass is 10.4. The van der Waals surface area contributed by atoms with Crippen LogP contribution in [0.5, 0.6) is 0 Å². The van der Waals surface area contributed by atoms with Gasteiger partial charge in [0.1, 0.15) is 6.23 Å². The van der Waals surface area contributed by atoms with Gasteiger partial charge in [0.2, 0.25) is 0 Å². The summed E-state index contributed by atoms with van der Waals surface area (Å²) in [6.07, 6.45) is 2.83. The quantitative estimate of drug-likeness (QED) is 0.251. The van der Waals surface area contributed by atoms with Crippen LogP contribution in [0.3, 0.4) is 0 Å². The highest BCUT2D eigenvalue weighted by Crippen LogP contribution is 2.13. The van der Waals surface area contributed by atoms with E-state index in [9.17, 15) is 0 Å². The first kappa shape index (κ1) is 12.2. The number of aldehydes is 2. The Morgan fingerprint density at radius 3 is 2.46 bits per heavy atom. The Balaban J connectivity index is 0.000000310. The molecule has 1 atom stereocenters. The van der Waals surface area contributed by atoms with Gasteiger partial charge in [-0.1, -0.05) is 0 Å². The van der Waals surface area contributed by atoms with Crippen LogP contribution in [-0.2, 0) is 14.4 Å². The predicted molar refractivity (Wildman–Crippen MR) is 46.2 cm³/mol. The summed E-state index contributed by atoms with van der Waals surface area (Å²) in [5.74, 6) is 4.97. The maximum absolute atomic E-state index is 8.81. The van der Waals surface area contributed by atoms with Gasteiger partial charge in [0.15, 0.2) is 12.6 Å². The van der Waals surface area contributed by atoms with E-state index in [0.29, 0.717) is 0 Å². The summed E-state index contributed by atoms with van der Waals surface area (Å²) >= 11 is 0. The molecule has 0 bridgehead atoms. The summed E-state index contributed by atoms with van der Waals surface area (Å²) in [7, 11) is 2.02. The normalized spacial score (nSPS) is 21.8. The van der Waals surface area contributed by atoms with Gasteiger partial charge in [-0.15, -0.1) is 5.59 Å². The minimum Gasteiger partial charge on any atom is -0.295 e. The Morgan fingerprint density at radius 1 is 1.54 bits per heavy atom. The van der Waals surface area contributed by atoms with E-state index in [0.717, 1.165) is 13.0 Å². The van der Waals surface area contributed by atoms with Gasteiger partial charge in [0, 0.05) is 6.54 Å². The van der Waals surface area contributed by atoms with Crippen LogP contribution in [0, 0.1) is 0 Å². The second-order valence-electron chi connectivity index (χ2n) is 2.59.